The lowest BCUT2D eigenvalue weighted by Crippen LogP contribution is -2.60. The Hall–Kier alpha value is -1.35. The Morgan fingerprint density at radius 2 is 2.19 bits per heavy atom. The zero-order valence-corrected chi connectivity index (χ0v) is 9.35. The van der Waals surface area contributed by atoms with Crippen molar-refractivity contribution in [2.24, 2.45) is 5.73 Å². The van der Waals surface area contributed by atoms with Gasteiger partial charge in [-0.2, -0.15) is 12.6 Å². The minimum absolute atomic E-state index is 0.0557. The average Bonchev–Trinajstić information content (AvgIpc) is 2.23. The first-order valence-corrected chi connectivity index (χ1v) is 4.91. The second-order valence-electron chi connectivity index (χ2n) is 3.02. The van der Waals surface area contributed by atoms with Gasteiger partial charge in [0.1, 0.15) is 0 Å². The monoisotopic (exact) mass is 252 g/mol. The van der Waals surface area contributed by atoms with Crippen LogP contribution in [0.25, 0.3) is 0 Å². The number of thiol groups is 1. The molecule has 0 rings (SSSR count). The summed E-state index contributed by atoms with van der Waals surface area (Å²) in [5.74, 6) is -3.15. The largest absolute Gasteiger partial charge is 0.480 e. The Bertz CT molecular complexity index is 309. The van der Waals surface area contributed by atoms with E-state index < -0.39 is 34.2 Å². The minimum Gasteiger partial charge on any atom is -0.480 e. The Morgan fingerprint density at radius 3 is 2.44 bits per heavy atom. The maximum Gasteiger partial charge on any atom is 0.332 e. The molecule has 0 amide bonds. The van der Waals surface area contributed by atoms with E-state index in [1.807, 2.05) is 0 Å². The number of Topliss-reactive ketones (excluding diaryl/α,β-unsaturated/α-hetero) is 1. The van der Waals surface area contributed by atoms with Crippen LogP contribution >= 0.6 is 12.6 Å². The summed E-state index contributed by atoms with van der Waals surface area (Å²) in [5, 5.41) is 17.7. The molecule has 0 radical (unpaired) electrons. The van der Waals surface area contributed by atoms with Gasteiger partial charge in [-0.3, -0.25) is 4.79 Å². The summed E-state index contributed by atoms with van der Waals surface area (Å²) in [5.41, 5.74) is 3.03. The highest BCUT2D eigenvalue weighted by Gasteiger charge is 2.45. The number of carbonyl (C=O) groups is 2. The van der Waals surface area contributed by atoms with Gasteiger partial charge in [-0.1, -0.05) is 6.92 Å². The molecule has 0 bridgehead atoms. The van der Waals surface area contributed by atoms with Crippen molar-refractivity contribution in [3.63, 3.8) is 0 Å². The van der Waals surface area contributed by atoms with Crippen molar-refractivity contribution in [2.45, 2.75) is 25.0 Å². The fourth-order valence-corrected chi connectivity index (χ4v) is 1.24. The summed E-state index contributed by atoms with van der Waals surface area (Å²) in [4.78, 5) is 36.5. The molecule has 0 aliphatic heterocycles. The van der Waals surface area contributed by atoms with Crippen molar-refractivity contribution >= 4 is 24.4 Å². The second-order valence-corrected chi connectivity index (χ2v) is 3.34. The van der Waals surface area contributed by atoms with Gasteiger partial charge in [-0.25, -0.2) is 4.79 Å². The lowest BCUT2D eigenvalue weighted by molar-refractivity contribution is -0.764. The van der Waals surface area contributed by atoms with Crippen molar-refractivity contribution < 1.29 is 24.6 Å². The van der Waals surface area contributed by atoms with E-state index in [0.717, 1.165) is 0 Å². The first-order valence-electron chi connectivity index (χ1n) is 4.28. The number of ketones is 1. The first kappa shape index (κ1) is 14.6. The third kappa shape index (κ3) is 3.07. The van der Waals surface area contributed by atoms with Crippen LogP contribution in [-0.2, 0) is 14.4 Å². The first-order chi connectivity index (χ1) is 7.29. The van der Waals surface area contributed by atoms with Crippen LogP contribution in [0.15, 0.2) is 0 Å². The van der Waals surface area contributed by atoms with Crippen LogP contribution in [0.4, 0.5) is 0 Å². The van der Waals surface area contributed by atoms with Crippen LogP contribution in [0.5, 0.6) is 0 Å². The summed E-state index contributed by atoms with van der Waals surface area (Å²) in [6.07, 6.45) is -1.55. The Labute approximate surface area is 96.3 Å². The van der Waals surface area contributed by atoms with Gasteiger partial charge in [0.25, 0.3) is 5.09 Å². The van der Waals surface area contributed by atoms with Gasteiger partial charge in [0, 0.05) is 5.75 Å². The van der Waals surface area contributed by atoms with E-state index in [0.29, 0.717) is 0 Å². The molecular weight excluding hydrogens is 240 g/mol. The summed E-state index contributed by atoms with van der Waals surface area (Å²) in [6.45, 7) is 1.44. The molecule has 0 saturated heterocycles. The molecule has 92 valence electrons. The van der Waals surface area contributed by atoms with Gasteiger partial charge < -0.3 is 15.7 Å². The highest BCUT2D eigenvalue weighted by atomic mass is 32.1. The zero-order chi connectivity index (χ0) is 12.9. The van der Waals surface area contributed by atoms with E-state index in [1.165, 1.54) is 6.92 Å². The molecule has 0 heterocycles. The number of aliphatic carboxylic acids is 1. The Morgan fingerprint density at radius 1 is 1.69 bits per heavy atom. The maximum absolute atomic E-state index is 11.6. The molecule has 2 unspecified atom stereocenters. The van der Waals surface area contributed by atoms with E-state index in [-0.39, 0.29) is 6.42 Å². The molecule has 0 aliphatic carbocycles. The fourth-order valence-electron chi connectivity index (χ4n) is 0.950. The standard InChI is InChI=1S/C7H12N2O6S/c1-2-4(15-9(13)14)5(10)7(8,3-16)6(11)12/h4,16H,2-3,8H2,1H3,(H,11,12). The van der Waals surface area contributed by atoms with Crippen molar-refractivity contribution in [3.8, 4) is 0 Å². The molecule has 9 heteroatoms. The van der Waals surface area contributed by atoms with E-state index in [2.05, 4.69) is 17.5 Å². The predicted octanol–water partition coefficient (Wildman–Crippen LogP) is -0.746. The predicted molar refractivity (Wildman–Crippen MR) is 55.6 cm³/mol. The number of nitrogens with two attached hydrogens (primary N) is 1. The van der Waals surface area contributed by atoms with Gasteiger partial charge in [-0.05, 0) is 6.42 Å². The number of hydrogen-bond acceptors (Lipinski definition) is 7. The molecule has 0 aromatic carbocycles. The topological polar surface area (TPSA) is 133 Å². The van der Waals surface area contributed by atoms with Crippen LogP contribution in [0.2, 0.25) is 0 Å². The number of carbonyl (C=O) groups excluding carboxylic acids is 1. The summed E-state index contributed by atoms with van der Waals surface area (Å²) < 4.78 is 0. The molecule has 0 aliphatic rings. The van der Waals surface area contributed by atoms with Crippen molar-refractivity contribution in [3.05, 3.63) is 10.1 Å². The van der Waals surface area contributed by atoms with Crippen LogP contribution in [0.1, 0.15) is 13.3 Å². The second kappa shape index (κ2) is 5.66. The summed E-state index contributed by atoms with van der Waals surface area (Å²) >= 11 is 3.65. The van der Waals surface area contributed by atoms with E-state index >= 15 is 0 Å². The summed E-state index contributed by atoms with van der Waals surface area (Å²) in [6, 6.07) is 0. The molecule has 0 aromatic rings. The maximum atomic E-state index is 11.6. The SMILES string of the molecule is CCC(O[N+](=O)[O-])C(=O)C(N)(CS)C(=O)O. The number of nitrogens with zero attached hydrogens (tertiary/aromatic N) is 1. The highest BCUT2D eigenvalue weighted by Crippen LogP contribution is 2.13. The lowest BCUT2D eigenvalue weighted by Gasteiger charge is -2.24. The molecule has 3 N–H and O–H groups in total. The molecule has 2 atom stereocenters. The van der Waals surface area contributed by atoms with Gasteiger partial charge in [0.2, 0.25) is 0 Å². The van der Waals surface area contributed by atoms with Gasteiger partial charge in [0.05, 0.1) is 0 Å². The van der Waals surface area contributed by atoms with Crippen LogP contribution < -0.4 is 5.73 Å². The molecular formula is C7H12N2O6S. The van der Waals surface area contributed by atoms with Crippen molar-refractivity contribution in [2.75, 3.05) is 5.75 Å². The normalized spacial score (nSPS) is 15.9. The molecule has 16 heavy (non-hydrogen) atoms. The van der Waals surface area contributed by atoms with Gasteiger partial charge in [0.15, 0.2) is 17.4 Å². The van der Waals surface area contributed by atoms with E-state index in [1.54, 1.807) is 0 Å². The van der Waals surface area contributed by atoms with E-state index in [9.17, 15) is 19.7 Å². The number of hydrogen-bond donors (Lipinski definition) is 3. The quantitative estimate of drug-likeness (QED) is 0.235. The smallest absolute Gasteiger partial charge is 0.332 e. The molecule has 0 aromatic heterocycles. The van der Waals surface area contributed by atoms with Crippen molar-refractivity contribution in [1.29, 1.82) is 0 Å². The fraction of sp³-hybridized carbons (Fsp3) is 0.714. The van der Waals surface area contributed by atoms with Gasteiger partial charge in [-0.15, -0.1) is 10.1 Å². The van der Waals surface area contributed by atoms with Crippen LogP contribution in [0, 0.1) is 10.1 Å². The molecule has 8 nitrogen and oxygen atoms in total. The Kier molecular flexibility index (Phi) is 5.18. The van der Waals surface area contributed by atoms with Crippen LogP contribution in [0.3, 0.4) is 0 Å². The van der Waals surface area contributed by atoms with Gasteiger partial charge >= 0.3 is 5.97 Å². The number of carboxylic acids is 1. The minimum atomic E-state index is -2.28. The third-order valence-electron chi connectivity index (χ3n) is 1.95. The average molecular weight is 252 g/mol. The molecule has 0 spiro atoms. The zero-order valence-electron chi connectivity index (χ0n) is 8.45. The number of rotatable bonds is 7. The summed E-state index contributed by atoms with van der Waals surface area (Å²) in [7, 11) is 0. The molecule has 0 saturated carbocycles. The molecule has 0 fully saturated rings. The van der Waals surface area contributed by atoms with Crippen molar-refractivity contribution in [1.82, 2.24) is 0 Å². The van der Waals surface area contributed by atoms with Crippen LogP contribution in [-0.4, -0.2) is 39.3 Å². The number of carboxylic acid groups (broad SMARTS) is 1. The lowest BCUT2D eigenvalue weighted by atomic mass is 9.92. The Balaban J connectivity index is 4.98. The highest BCUT2D eigenvalue weighted by molar-refractivity contribution is 7.80. The third-order valence-corrected chi connectivity index (χ3v) is 2.45. The van der Waals surface area contributed by atoms with E-state index in [4.69, 9.17) is 10.8 Å².